The number of halogens is 4. The van der Waals surface area contributed by atoms with Crippen molar-refractivity contribution in [1.29, 1.82) is 0 Å². The molecule has 0 spiro atoms. The second-order valence-corrected chi connectivity index (χ2v) is 5.08. The summed E-state index contributed by atoms with van der Waals surface area (Å²) in [7, 11) is -6.00. The Morgan fingerprint density at radius 3 is 1.87 bits per heavy atom. The molecule has 1 fully saturated rings. The van der Waals surface area contributed by atoms with Crippen LogP contribution >= 0.6 is 0 Å². The van der Waals surface area contributed by atoms with Crippen LogP contribution in [-0.4, -0.2) is 20.0 Å². The molecule has 0 heterocycles. The lowest BCUT2D eigenvalue weighted by Crippen LogP contribution is -2.02. The van der Waals surface area contributed by atoms with Gasteiger partial charge in [0, 0.05) is 18.7 Å². The number of hydrogen-bond donors (Lipinski definition) is 0. The number of hydrogen-bond acceptors (Lipinski definition) is 1. The van der Waals surface area contributed by atoms with E-state index in [2.05, 4.69) is 67.6 Å². The average molecular weight is 324 g/mol. The van der Waals surface area contributed by atoms with Crippen LogP contribution in [0.2, 0.25) is 0 Å². The first-order valence-electron chi connectivity index (χ1n) is 7.38. The van der Waals surface area contributed by atoms with Gasteiger partial charge in [0.25, 0.3) is 0 Å². The summed E-state index contributed by atoms with van der Waals surface area (Å²) in [6.45, 7) is 2.83. The zero-order valence-electron chi connectivity index (χ0n) is 12.6. The van der Waals surface area contributed by atoms with Crippen LogP contribution in [0.5, 0.6) is 0 Å². The van der Waals surface area contributed by atoms with Gasteiger partial charge >= 0.3 is 7.25 Å². The molecule has 0 N–H and O–H groups in total. The Labute approximate surface area is 133 Å². The van der Waals surface area contributed by atoms with Crippen molar-refractivity contribution in [3.05, 3.63) is 77.7 Å². The molecular weight excluding hydrogens is 307 g/mol. The summed E-state index contributed by atoms with van der Waals surface area (Å²) >= 11 is 0. The van der Waals surface area contributed by atoms with E-state index in [1.54, 1.807) is 0 Å². The molecule has 0 radical (unpaired) electrons. The SMILES string of the molecule is CCOC1[C+](c2ccccc2)C1c1ccccc1.F[B-](F)(F)F. The second-order valence-electron chi connectivity index (χ2n) is 5.08. The maximum absolute atomic E-state index is 9.75. The first-order chi connectivity index (χ1) is 10.9. The fourth-order valence-corrected chi connectivity index (χ4v) is 2.59. The molecule has 0 aromatic heterocycles. The Bertz CT molecular complexity index is 537. The van der Waals surface area contributed by atoms with Crippen molar-refractivity contribution in [3.8, 4) is 0 Å². The average Bonchev–Trinajstić information content (AvgIpc) is 3.22. The largest absolute Gasteiger partial charge is 0.673 e. The monoisotopic (exact) mass is 324 g/mol. The van der Waals surface area contributed by atoms with Crippen molar-refractivity contribution < 1.29 is 22.0 Å². The van der Waals surface area contributed by atoms with Crippen LogP contribution in [0.25, 0.3) is 0 Å². The van der Waals surface area contributed by atoms with Gasteiger partial charge in [0.1, 0.15) is 11.7 Å². The minimum atomic E-state index is -6.00. The van der Waals surface area contributed by atoms with Crippen LogP contribution in [0, 0.1) is 5.92 Å². The van der Waals surface area contributed by atoms with E-state index >= 15 is 0 Å². The molecule has 1 saturated carbocycles. The third-order valence-electron chi connectivity index (χ3n) is 3.45. The summed E-state index contributed by atoms with van der Waals surface area (Å²) < 4.78 is 44.8. The van der Waals surface area contributed by atoms with Crippen LogP contribution in [-0.2, 0) is 4.74 Å². The molecule has 0 bridgehead atoms. The number of benzene rings is 2. The molecule has 1 aliphatic rings. The first-order valence-corrected chi connectivity index (χ1v) is 7.38. The maximum Gasteiger partial charge on any atom is 0.673 e. The van der Waals surface area contributed by atoms with E-state index in [4.69, 9.17) is 4.74 Å². The molecule has 2 unspecified atom stereocenters. The van der Waals surface area contributed by atoms with Crippen molar-refractivity contribution >= 4 is 7.25 Å². The van der Waals surface area contributed by atoms with Crippen LogP contribution in [0.1, 0.15) is 24.0 Å². The molecule has 2 aromatic rings. The summed E-state index contributed by atoms with van der Waals surface area (Å²) in [6.07, 6.45) is 0.264. The molecule has 122 valence electrons. The highest BCUT2D eigenvalue weighted by Crippen LogP contribution is 2.55. The predicted octanol–water partition coefficient (Wildman–Crippen LogP) is 5.11. The summed E-state index contributed by atoms with van der Waals surface area (Å²) in [5.74, 6) is 1.86. The minimum Gasteiger partial charge on any atom is -0.418 e. The second kappa shape index (κ2) is 7.55. The molecule has 0 amide bonds. The molecule has 1 aliphatic carbocycles. The van der Waals surface area contributed by atoms with E-state index in [-0.39, 0.29) is 6.10 Å². The summed E-state index contributed by atoms with van der Waals surface area (Å²) in [4.78, 5) is 0. The standard InChI is InChI=1S/C17H17O.BF4/c1-2-18-17-15(13-9-5-3-6-10-13)16(17)14-11-7-4-8-12-14;2-1(3,4)5/h3-12,15,17H,2H2,1H3;/q+1;-1. The Balaban J connectivity index is 0.000000338. The van der Waals surface area contributed by atoms with Crippen LogP contribution in [0.15, 0.2) is 60.7 Å². The van der Waals surface area contributed by atoms with Crippen molar-refractivity contribution in [2.45, 2.75) is 18.9 Å². The molecule has 3 rings (SSSR count). The predicted molar refractivity (Wildman–Crippen MR) is 83.6 cm³/mol. The van der Waals surface area contributed by atoms with Gasteiger partial charge in [-0.25, -0.2) is 0 Å². The maximum atomic E-state index is 9.75. The van der Waals surface area contributed by atoms with Gasteiger partial charge in [0.05, 0.1) is 11.8 Å². The van der Waals surface area contributed by atoms with Gasteiger partial charge in [-0.05, 0) is 30.7 Å². The van der Waals surface area contributed by atoms with Crippen LogP contribution in [0.3, 0.4) is 0 Å². The lowest BCUT2D eigenvalue weighted by molar-refractivity contribution is 0.132. The normalized spacial score (nSPS) is 19.8. The van der Waals surface area contributed by atoms with E-state index < -0.39 is 7.25 Å². The third-order valence-corrected chi connectivity index (χ3v) is 3.45. The van der Waals surface area contributed by atoms with E-state index in [0.717, 1.165) is 6.61 Å². The fourth-order valence-electron chi connectivity index (χ4n) is 2.59. The Morgan fingerprint density at radius 1 is 0.913 bits per heavy atom. The summed E-state index contributed by atoms with van der Waals surface area (Å²) in [5, 5.41) is 0. The smallest absolute Gasteiger partial charge is 0.418 e. The van der Waals surface area contributed by atoms with Gasteiger partial charge in [0.15, 0.2) is 0 Å². The molecular formula is C17H17BF4O. The highest BCUT2D eigenvalue weighted by molar-refractivity contribution is 6.50. The first kappa shape index (κ1) is 17.4. The quantitative estimate of drug-likeness (QED) is 0.431. The number of rotatable bonds is 4. The van der Waals surface area contributed by atoms with Gasteiger partial charge in [0.2, 0.25) is 0 Å². The van der Waals surface area contributed by atoms with E-state index in [1.165, 1.54) is 17.0 Å². The zero-order chi connectivity index (χ0) is 16.9. The van der Waals surface area contributed by atoms with Crippen LogP contribution in [0.4, 0.5) is 17.3 Å². The number of ether oxygens (including phenoxy) is 1. The Morgan fingerprint density at radius 2 is 1.39 bits per heavy atom. The summed E-state index contributed by atoms with van der Waals surface area (Å²) in [6, 6.07) is 21.2. The van der Waals surface area contributed by atoms with Crippen molar-refractivity contribution in [2.75, 3.05) is 6.61 Å². The molecule has 2 atom stereocenters. The van der Waals surface area contributed by atoms with E-state index in [9.17, 15) is 17.3 Å². The molecule has 2 aromatic carbocycles. The molecule has 23 heavy (non-hydrogen) atoms. The van der Waals surface area contributed by atoms with Crippen LogP contribution < -0.4 is 0 Å². The van der Waals surface area contributed by atoms with Crippen molar-refractivity contribution in [2.24, 2.45) is 0 Å². The topological polar surface area (TPSA) is 9.23 Å². The van der Waals surface area contributed by atoms with E-state index in [1.807, 2.05) is 0 Å². The van der Waals surface area contributed by atoms with Gasteiger partial charge < -0.3 is 22.0 Å². The lowest BCUT2D eigenvalue weighted by atomic mass is 10.0. The van der Waals surface area contributed by atoms with Crippen molar-refractivity contribution in [3.63, 3.8) is 0 Å². The van der Waals surface area contributed by atoms with Gasteiger partial charge in [-0.3, -0.25) is 0 Å². The summed E-state index contributed by atoms with van der Waals surface area (Å²) in [5.41, 5.74) is 2.67. The molecule has 6 heteroatoms. The fraction of sp³-hybridized carbons (Fsp3) is 0.235. The van der Waals surface area contributed by atoms with Crippen molar-refractivity contribution in [1.82, 2.24) is 0 Å². The highest BCUT2D eigenvalue weighted by atomic mass is 19.5. The third kappa shape index (κ3) is 5.32. The van der Waals surface area contributed by atoms with E-state index in [0.29, 0.717) is 5.92 Å². The zero-order valence-corrected chi connectivity index (χ0v) is 12.6. The minimum absolute atomic E-state index is 0.264. The highest BCUT2D eigenvalue weighted by Gasteiger charge is 2.59. The Kier molecular flexibility index (Phi) is 5.72. The molecule has 0 saturated heterocycles. The molecule has 1 nitrogen and oxygen atoms in total. The molecule has 0 aliphatic heterocycles. The van der Waals surface area contributed by atoms with Gasteiger partial charge in [-0.15, -0.1) is 0 Å². The van der Waals surface area contributed by atoms with Gasteiger partial charge in [-0.1, -0.05) is 30.3 Å². The van der Waals surface area contributed by atoms with Gasteiger partial charge in [-0.2, -0.15) is 0 Å². The Hall–Kier alpha value is -1.95. The lowest BCUT2D eigenvalue weighted by Gasteiger charge is -1.96.